The van der Waals surface area contributed by atoms with E-state index >= 15 is 0 Å². The first-order valence-corrected chi connectivity index (χ1v) is 8.26. The molecule has 1 aromatic heterocycles. The molecule has 0 amide bonds. The van der Waals surface area contributed by atoms with E-state index in [1.165, 1.54) is 19.5 Å². The van der Waals surface area contributed by atoms with Gasteiger partial charge in [0.05, 0.1) is 11.6 Å². The molecule has 1 aromatic carbocycles. The van der Waals surface area contributed by atoms with Gasteiger partial charge in [-0.3, -0.25) is 0 Å². The molecule has 0 spiro atoms. The summed E-state index contributed by atoms with van der Waals surface area (Å²) < 4.78 is 33.0. The van der Waals surface area contributed by atoms with E-state index in [0.717, 1.165) is 11.1 Å². The highest BCUT2D eigenvalue weighted by Gasteiger charge is 2.21. The third-order valence-electron chi connectivity index (χ3n) is 2.92. The third-order valence-corrected chi connectivity index (χ3v) is 4.67. The summed E-state index contributed by atoms with van der Waals surface area (Å²) in [6, 6.07) is 3.25. The summed E-state index contributed by atoms with van der Waals surface area (Å²) in [4.78, 5) is 7.85. The highest BCUT2D eigenvalue weighted by Crippen LogP contribution is 2.28. The molecule has 2 rings (SSSR count). The summed E-state index contributed by atoms with van der Waals surface area (Å²) in [7, 11) is -2.39. The number of halogens is 1. The standard InChI is InChI=1S/C13H14BrN3O3S/c1-8-4-11(20-3)12(5-9(8)2)21(18,19)17-13-15-6-10(14)7-16-13/h4-7H,1-3H3,(H,15,16,17). The number of hydrogen-bond donors (Lipinski definition) is 1. The number of aryl methyl sites for hydroxylation is 2. The molecule has 0 saturated heterocycles. The maximum Gasteiger partial charge on any atom is 0.267 e. The van der Waals surface area contributed by atoms with Gasteiger partial charge in [0, 0.05) is 12.4 Å². The number of hydrogen-bond acceptors (Lipinski definition) is 5. The maximum atomic E-state index is 12.4. The average Bonchev–Trinajstić information content (AvgIpc) is 2.43. The number of ether oxygens (including phenoxy) is 1. The second-order valence-corrected chi connectivity index (χ2v) is 6.98. The van der Waals surface area contributed by atoms with Crippen LogP contribution in [0.5, 0.6) is 5.75 Å². The van der Waals surface area contributed by atoms with Crippen LogP contribution in [-0.2, 0) is 10.0 Å². The van der Waals surface area contributed by atoms with E-state index in [2.05, 4.69) is 30.6 Å². The zero-order valence-electron chi connectivity index (χ0n) is 11.7. The smallest absolute Gasteiger partial charge is 0.267 e. The van der Waals surface area contributed by atoms with Crippen molar-refractivity contribution in [1.29, 1.82) is 0 Å². The van der Waals surface area contributed by atoms with Crippen LogP contribution in [-0.4, -0.2) is 25.5 Å². The average molecular weight is 372 g/mol. The molecule has 2 aromatic rings. The van der Waals surface area contributed by atoms with Crippen molar-refractivity contribution >= 4 is 31.9 Å². The number of methoxy groups -OCH3 is 1. The van der Waals surface area contributed by atoms with Crippen molar-refractivity contribution < 1.29 is 13.2 Å². The Hall–Kier alpha value is -1.67. The number of benzene rings is 1. The van der Waals surface area contributed by atoms with Crippen molar-refractivity contribution in [2.75, 3.05) is 11.8 Å². The Balaban J connectivity index is 2.44. The first-order valence-electron chi connectivity index (χ1n) is 5.99. The lowest BCUT2D eigenvalue weighted by Gasteiger charge is -2.13. The van der Waals surface area contributed by atoms with Crippen molar-refractivity contribution in [2.24, 2.45) is 0 Å². The van der Waals surface area contributed by atoms with Crippen LogP contribution in [0.15, 0.2) is 33.9 Å². The molecule has 21 heavy (non-hydrogen) atoms. The van der Waals surface area contributed by atoms with Gasteiger partial charge in [-0.1, -0.05) is 0 Å². The molecule has 8 heteroatoms. The van der Waals surface area contributed by atoms with Crippen LogP contribution in [0.1, 0.15) is 11.1 Å². The molecule has 0 unspecified atom stereocenters. The molecule has 0 atom stereocenters. The minimum Gasteiger partial charge on any atom is -0.495 e. The SMILES string of the molecule is COc1cc(C)c(C)cc1S(=O)(=O)Nc1ncc(Br)cn1. The predicted molar refractivity (Wildman–Crippen MR) is 83.0 cm³/mol. The van der Waals surface area contributed by atoms with Gasteiger partial charge in [0.15, 0.2) is 0 Å². The van der Waals surface area contributed by atoms with Crippen LogP contribution in [0, 0.1) is 13.8 Å². The summed E-state index contributed by atoms with van der Waals surface area (Å²) in [5.74, 6) is 0.279. The second-order valence-electron chi connectivity index (χ2n) is 4.42. The van der Waals surface area contributed by atoms with Gasteiger partial charge in [-0.25, -0.2) is 23.1 Å². The fourth-order valence-corrected chi connectivity index (χ4v) is 3.07. The third kappa shape index (κ3) is 3.51. The van der Waals surface area contributed by atoms with Crippen molar-refractivity contribution in [3.05, 3.63) is 40.1 Å². The van der Waals surface area contributed by atoms with Crippen LogP contribution in [0.2, 0.25) is 0 Å². The largest absolute Gasteiger partial charge is 0.495 e. The Labute approximate surface area is 131 Å². The fraction of sp³-hybridized carbons (Fsp3) is 0.231. The van der Waals surface area contributed by atoms with Crippen molar-refractivity contribution in [3.8, 4) is 5.75 Å². The van der Waals surface area contributed by atoms with Crippen LogP contribution in [0.4, 0.5) is 5.95 Å². The number of rotatable bonds is 4. The quantitative estimate of drug-likeness (QED) is 0.893. The van der Waals surface area contributed by atoms with Crippen LogP contribution >= 0.6 is 15.9 Å². The zero-order chi connectivity index (χ0) is 15.6. The van der Waals surface area contributed by atoms with Gasteiger partial charge in [-0.05, 0) is 53.0 Å². The van der Waals surface area contributed by atoms with E-state index in [9.17, 15) is 8.42 Å². The first kappa shape index (κ1) is 15.7. The molecule has 0 radical (unpaired) electrons. The molecule has 0 aliphatic carbocycles. The van der Waals surface area contributed by atoms with E-state index in [1.54, 1.807) is 12.1 Å². The van der Waals surface area contributed by atoms with Crippen LogP contribution in [0.3, 0.4) is 0 Å². The van der Waals surface area contributed by atoms with E-state index in [-0.39, 0.29) is 16.6 Å². The summed E-state index contributed by atoms with van der Waals surface area (Å²) >= 11 is 3.19. The summed E-state index contributed by atoms with van der Waals surface area (Å²) in [6.45, 7) is 3.73. The van der Waals surface area contributed by atoms with Gasteiger partial charge in [-0.2, -0.15) is 0 Å². The molecule has 0 fully saturated rings. The van der Waals surface area contributed by atoms with E-state index in [0.29, 0.717) is 4.47 Å². The van der Waals surface area contributed by atoms with Gasteiger partial charge >= 0.3 is 0 Å². The summed E-state index contributed by atoms with van der Waals surface area (Å²) in [6.07, 6.45) is 2.92. The normalized spacial score (nSPS) is 11.2. The summed E-state index contributed by atoms with van der Waals surface area (Å²) in [5.41, 5.74) is 1.80. The Kier molecular flexibility index (Phi) is 4.48. The molecule has 6 nitrogen and oxygen atoms in total. The lowest BCUT2D eigenvalue weighted by atomic mass is 10.1. The lowest BCUT2D eigenvalue weighted by Crippen LogP contribution is -2.16. The van der Waals surface area contributed by atoms with Gasteiger partial charge in [0.2, 0.25) is 5.95 Å². The molecular weight excluding hydrogens is 358 g/mol. The minimum atomic E-state index is -3.82. The minimum absolute atomic E-state index is 0.00141. The number of aromatic nitrogens is 2. The molecule has 1 N–H and O–H groups in total. The van der Waals surface area contributed by atoms with Crippen LogP contribution < -0.4 is 9.46 Å². The highest BCUT2D eigenvalue weighted by molar-refractivity contribution is 9.10. The van der Waals surface area contributed by atoms with E-state index < -0.39 is 10.0 Å². The van der Waals surface area contributed by atoms with E-state index in [4.69, 9.17) is 4.74 Å². The van der Waals surface area contributed by atoms with Crippen molar-refractivity contribution in [1.82, 2.24) is 9.97 Å². The van der Waals surface area contributed by atoms with E-state index in [1.807, 2.05) is 13.8 Å². The van der Waals surface area contributed by atoms with Gasteiger partial charge in [0.1, 0.15) is 10.6 Å². The molecule has 112 valence electrons. The number of sulfonamides is 1. The molecule has 0 aliphatic heterocycles. The molecule has 1 heterocycles. The fourth-order valence-electron chi connectivity index (χ4n) is 1.67. The molecule has 0 saturated carbocycles. The number of nitrogens with one attached hydrogen (secondary N) is 1. The van der Waals surface area contributed by atoms with Crippen molar-refractivity contribution in [3.63, 3.8) is 0 Å². The summed E-state index contributed by atoms with van der Waals surface area (Å²) in [5, 5.41) is 0. The molecule has 0 aliphatic rings. The Morgan fingerprint density at radius 2 is 1.71 bits per heavy atom. The molecule has 0 bridgehead atoms. The zero-order valence-corrected chi connectivity index (χ0v) is 14.1. The monoisotopic (exact) mass is 371 g/mol. The number of nitrogens with zero attached hydrogens (tertiary/aromatic N) is 2. The topological polar surface area (TPSA) is 81.2 Å². The maximum absolute atomic E-state index is 12.4. The predicted octanol–water partition coefficient (Wildman–Crippen LogP) is 2.67. The second kappa shape index (κ2) is 5.98. The first-order chi connectivity index (χ1) is 9.83. The van der Waals surface area contributed by atoms with Gasteiger partial charge in [-0.15, -0.1) is 0 Å². The van der Waals surface area contributed by atoms with Gasteiger partial charge in [0.25, 0.3) is 10.0 Å². The molecular formula is C13H14BrN3O3S. The number of anilines is 1. The van der Waals surface area contributed by atoms with Crippen LogP contribution in [0.25, 0.3) is 0 Å². The Morgan fingerprint density at radius 1 is 1.14 bits per heavy atom. The Morgan fingerprint density at radius 3 is 2.29 bits per heavy atom. The lowest BCUT2D eigenvalue weighted by molar-refractivity contribution is 0.402. The van der Waals surface area contributed by atoms with Gasteiger partial charge < -0.3 is 4.74 Å². The van der Waals surface area contributed by atoms with Crippen molar-refractivity contribution in [2.45, 2.75) is 18.7 Å². The Bertz CT molecular complexity index is 761. The highest BCUT2D eigenvalue weighted by atomic mass is 79.9.